The summed E-state index contributed by atoms with van der Waals surface area (Å²) in [6.45, 7) is 0. The summed E-state index contributed by atoms with van der Waals surface area (Å²) in [5.41, 5.74) is 0. The van der Waals surface area contributed by atoms with Crippen LogP contribution in [0.25, 0.3) is 0 Å². The lowest BCUT2D eigenvalue weighted by Crippen LogP contribution is -2.39. The summed E-state index contributed by atoms with van der Waals surface area (Å²) in [5.74, 6) is -0.468. The fourth-order valence-electron chi connectivity index (χ4n) is 2.28. The molecule has 1 fully saturated rings. The number of carbonyl (C=O) groups is 2. The lowest BCUT2D eigenvalue weighted by molar-refractivity contribution is -0.138. The van der Waals surface area contributed by atoms with E-state index in [9.17, 15) is 9.59 Å². The molecule has 92 valence electrons. The summed E-state index contributed by atoms with van der Waals surface area (Å²) in [4.78, 5) is 23.4. The molecular weight excluding hydrogens is 210 g/mol. The number of methoxy groups -OCH3 is 1. The Kier molecular flexibility index (Phi) is 4.58. The number of hydrogen-bond acceptors (Lipinski definition) is 3. The van der Waals surface area contributed by atoms with Crippen LogP contribution < -0.4 is 0 Å². The highest BCUT2D eigenvalue weighted by Gasteiger charge is 2.27. The molecule has 0 saturated heterocycles. The zero-order valence-electron chi connectivity index (χ0n) is 9.81. The van der Waals surface area contributed by atoms with Crippen LogP contribution in [-0.2, 0) is 9.53 Å². The molecule has 5 heteroatoms. The van der Waals surface area contributed by atoms with Gasteiger partial charge in [-0.15, -0.1) is 0 Å². The number of rotatable bonds is 3. The van der Waals surface area contributed by atoms with Gasteiger partial charge in [0, 0.05) is 19.5 Å². The summed E-state index contributed by atoms with van der Waals surface area (Å²) in [7, 11) is 3.10. The van der Waals surface area contributed by atoms with Crippen molar-refractivity contribution in [3.8, 4) is 0 Å². The third-order valence-corrected chi connectivity index (χ3v) is 3.29. The molecule has 0 bridgehead atoms. The Hall–Kier alpha value is -1.26. The molecule has 0 heterocycles. The third kappa shape index (κ3) is 3.40. The number of carboxylic acid groups (broad SMARTS) is 1. The number of ether oxygens (including phenoxy) is 1. The van der Waals surface area contributed by atoms with E-state index in [1.807, 2.05) is 0 Å². The number of carboxylic acids is 1. The topological polar surface area (TPSA) is 66.8 Å². The third-order valence-electron chi connectivity index (χ3n) is 3.29. The molecule has 1 aliphatic carbocycles. The van der Waals surface area contributed by atoms with Gasteiger partial charge in [-0.3, -0.25) is 4.79 Å². The van der Waals surface area contributed by atoms with Gasteiger partial charge in [0.05, 0.1) is 7.11 Å². The van der Waals surface area contributed by atoms with Crippen molar-refractivity contribution in [2.45, 2.75) is 38.1 Å². The Bertz CT molecular complexity index is 259. The van der Waals surface area contributed by atoms with E-state index in [-0.39, 0.29) is 24.5 Å². The first-order valence-electron chi connectivity index (χ1n) is 5.57. The summed E-state index contributed by atoms with van der Waals surface area (Å²) < 4.78 is 4.65. The highest BCUT2D eigenvalue weighted by Crippen LogP contribution is 2.29. The fourth-order valence-corrected chi connectivity index (χ4v) is 2.28. The van der Waals surface area contributed by atoms with Crippen LogP contribution in [0.4, 0.5) is 4.79 Å². The van der Waals surface area contributed by atoms with Crippen molar-refractivity contribution in [3.63, 3.8) is 0 Å². The predicted molar refractivity (Wildman–Crippen MR) is 58.2 cm³/mol. The highest BCUT2D eigenvalue weighted by molar-refractivity contribution is 5.67. The van der Waals surface area contributed by atoms with Gasteiger partial charge in [-0.05, 0) is 31.6 Å². The lowest BCUT2D eigenvalue weighted by Gasteiger charge is -2.33. The average Bonchev–Trinajstić information content (AvgIpc) is 2.27. The first-order valence-corrected chi connectivity index (χ1v) is 5.57. The minimum atomic E-state index is -0.732. The molecule has 0 aromatic rings. The molecule has 1 saturated carbocycles. The van der Waals surface area contributed by atoms with Crippen LogP contribution in [0, 0.1) is 5.92 Å². The molecule has 1 aliphatic rings. The van der Waals surface area contributed by atoms with Gasteiger partial charge in [-0.25, -0.2) is 4.79 Å². The Morgan fingerprint density at radius 2 is 1.88 bits per heavy atom. The van der Waals surface area contributed by atoms with Crippen LogP contribution in [0.15, 0.2) is 0 Å². The second kappa shape index (κ2) is 5.72. The summed E-state index contributed by atoms with van der Waals surface area (Å²) in [5, 5.41) is 8.68. The molecule has 0 atom stereocenters. The predicted octanol–water partition coefficient (Wildman–Crippen LogP) is 1.72. The molecule has 1 amide bonds. The smallest absolute Gasteiger partial charge is 0.409 e. The molecule has 5 nitrogen and oxygen atoms in total. The van der Waals surface area contributed by atoms with E-state index >= 15 is 0 Å². The molecule has 1 N–H and O–H groups in total. The van der Waals surface area contributed by atoms with Crippen molar-refractivity contribution in [2.75, 3.05) is 14.2 Å². The monoisotopic (exact) mass is 229 g/mol. The standard InChI is InChI=1S/C11H19NO4/c1-12(11(15)16-2)9-5-3-8(4-6-9)7-10(13)14/h8-9H,3-7H2,1-2H3,(H,13,14)/t8-,9-. The summed E-state index contributed by atoms with van der Waals surface area (Å²) >= 11 is 0. The highest BCUT2D eigenvalue weighted by atomic mass is 16.5. The molecule has 0 aliphatic heterocycles. The van der Waals surface area contributed by atoms with Crippen LogP contribution in [-0.4, -0.2) is 42.3 Å². The van der Waals surface area contributed by atoms with Crippen LogP contribution in [0.5, 0.6) is 0 Å². The lowest BCUT2D eigenvalue weighted by atomic mass is 9.84. The number of aliphatic carboxylic acids is 1. The van der Waals surface area contributed by atoms with Crippen molar-refractivity contribution < 1.29 is 19.4 Å². The van der Waals surface area contributed by atoms with Gasteiger partial charge >= 0.3 is 12.1 Å². The summed E-state index contributed by atoms with van der Waals surface area (Å²) in [6, 6.07) is 0.192. The zero-order chi connectivity index (χ0) is 12.1. The van der Waals surface area contributed by atoms with E-state index < -0.39 is 5.97 Å². The molecule has 0 aromatic heterocycles. The van der Waals surface area contributed by atoms with Crippen LogP contribution in [0.3, 0.4) is 0 Å². The van der Waals surface area contributed by atoms with Crippen LogP contribution in [0.1, 0.15) is 32.1 Å². The van der Waals surface area contributed by atoms with Gasteiger partial charge in [0.2, 0.25) is 0 Å². The van der Waals surface area contributed by atoms with E-state index in [0.29, 0.717) is 0 Å². The second-order valence-electron chi connectivity index (χ2n) is 4.35. The van der Waals surface area contributed by atoms with Gasteiger partial charge in [-0.1, -0.05) is 0 Å². The van der Waals surface area contributed by atoms with Crippen molar-refractivity contribution in [2.24, 2.45) is 5.92 Å². The largest absolute Gasteiger partial charge is 0.481 e. The van der Waals surface area contributed by atoms with E-state index in [1.54, 1.807) is 11.9 Å². The number of amides is 1. The first kappa shape index (κ1) is 12.8. The minimum absolute atomic E-state index is 0.192. The minimum Gasteiger partial charge on any atom is -0.481 e. The van der Waals surface area contributed by atoms with Crippen molar-refractivity contribution in [3.05, 3.63) is 0 Å². The molecular formula is C11H19NO4. The van der Waals surface area contributed by atoms with Gasteiger partial charge in [0.1, 0.15) is 0 Å². The van der Waals surface area contributed by atoms with E-state index in [1.165, 1.54) is 7.11 Å². The molecule has 1 rings (SSSR count). The van der Waals surface area contributed by atoms with Crippen molar-refractivity contribution >= 4 is 12.1 Å². The zero-order valence-corrected chi connectivity index (χ0v) is 9.81. The molecule has 0 radical (unpaired) electrons. The van der Waals surface area contributed by atoms with E-state index in [0.717, 1.165) is 25.7 Å². The van der Waals surface area contributed by atoms with E-state index in [2.05, 4.69) is 4.74 Å². The van der Waals surface area contributed by atoms with Crippen LogP contribution >= 0.6 is 0 Å². The van der Waals surface area contributed by atoms with Crippen molar-refractivity contribution in [1.82, 2.24) is 4.90 Å². The maximum absolute atomic E-state index is 11.3. The van der Waals surface area contributed by atoms with E-state index in [4.69, 9.17) is 5.11 Å². The molecule has 0 spiro atoms. The Balaban J connectivity index is 2.36. The fraction of sp³-hybridized carbons (Fsp3) is 0.818. The quantitative estimate of drug-likeness (QED) is 0.800. The number of hydrogen-bond donors (Lipinski definition) is 1. The SMILES string of the molecule is COC(=O)N(C)[C@H]1CC[C@H](CC(=O)O)CC1. The molecule has 0 aromatic carbocycles. The van der Waals surface area contributed by atoms with Gasteiger partial charge < -0.3 is 14.7 Å². The maximum Gasteiger partial charge on any atom is 0.409 e. The average molecular weight is 229 g/mol. The maximum atomic E-state index is 11.3. The van der Waals surface area contributed by atoms with Gasteiger partial charge in [0.15, 0.2) is 0 Å². The second-order valence-corrected chi connectivity index (χ2v) is 4.35. The Morgan fingerprint density at radius 1 is 1.31 bits per heavy atom. The van der Waals surface area contributed by atoms with Crippen LogP contribution in [0.2, 0.25) is 0 Å². The Morgan fingerprint density at radius 3 is 2.31 bits per heavy atom. The molecule has 0 unspecified atom stereocenters. The van der Waals surface area contributed by atoms with Gasteiger partial charge in [0.25, 0.3) is 0 Å². The van der Waals surface area contributed by atoms with Crippen molar-refractivity contribution in [1.29, 1.82) is 0 Å². The first-order chi connectivity index (χ1) is 7.54. The Labute approximate surface area is 95.4 Å². The molecule has 16 heavy (non-hydrogen) atoms. The normalized spacial score (nSPS) is 24.9. The van der Waals surface area contributed by atoms with Gasteiger partial charge in [-0.2, -0.15) is 0 Å². The summed E-state index contributed by atoms with van der Waals surface area (Å²) in [6.07, 6.45) is 3.40. The number of nitrogens with zero attached hydrogens (tertiary/aromatic N) is 1. The number of carbonyl (C=O) groups excluding carboxylic acids is 1.